The molecule has 0 aromatic rings. The molecule has 2 heterocycles. The molecule has 0 aromatic carbocycles. The van der Waals surface area contributed by atoms with Crippen LogP contribution in [-0.4, -0.2) is 100.0 Å². The number of hydrogen-bond donors (Lipinski definition) is 6. The Labute approximate surface area is 134 Å². The first-order valence-electron chi connectivity index (χ1n) is 7.70. The zero-order valence-electron chi connectivity index (χ0n) is 12.9. The van der Waals surface area contributed by atoms with Gasteiger partial charge in [0.05, 0.1) is 37.6 Å². The van der Waals surface area contributed by atoms with Gasteiger partial charge >= 0.3 is 0 Å². The Morgan fingerprint density at radius 3 is 2.13 bits per heavy atom. The molecular weight excluding hydrogens is 312 g/mol. The Morgan fingerprint density at radius 1 is 0.913 bits per heavy atom. The highest BCUT2D eigenvalue weighted by atomic mass is 16.7. The Bertz CT molecular complexity index is 366. The monoisotopic (exact) mass is 338 g/mol. The lowest BCUT2D eigenvalue weighted by molar-refractivity contribution is -0.288. The number of ether oxygens (including phenoxy) is 3. The molecule has 9 heteroatoms. The highest BCUT2D eigenvalue weighted by Crippen LogP contribution is 2.33. The second kappa shape index (κ2) is 8.15. The molecule has 0 saturated carbocycles. The highest BCUT2D eigenvalue weighted by molar-refractivity contribution is 4.93. The average molecular weight is 338 g/mol. The third kappa shape index (κ3) is 4.01. The summed E-state index contributed by atoms with van der Waals surface area (Å²) in [6.07, 6.45) is -7.71. The van der Waals surface area contributed by atoms with Crippen molar-refractivity contribution in [3.05, 3.63) is 0 Å². The molecule has 0 spiro atoms. The van der Waals surface area contributed by atoms with Crippen LogP contribution in [0.5, 0.6) is 0 Å². The van der Waals surface area contributed by atoms with Crippen LogP contribution in [0.3, 0.4) is 0 Å². The molecule has 136 valence electrons. The van der Waals surface area contributed by atoms with Crippen LogP contribution in [0.15, 0.2) is 0 Å². The Hall–Kier alpha value is -0.360. The Kier molecular flexibility index (Phi) is 6.72. The third-order valence-electron chi connectivity index (χ3n) is 4.63. The molecule has 9 nitrogen and oxygen atoms in total. The minimum Gasteiger partial charge on any atom is -0.394 e. The molecule has 6 N–H and O–H groups in total. The number of methoxy groups -OCH3 is 1. The number of aliphatic hydroxyl groups is 6. The topological polar surface area (TPSA) is 149 Å². The molecule has 2 fully saturated rings. The summed E-state index contributed by atoms with van der Waals surface area (Å²) < 4.78 is 15.9. The van der Waals surface area contributed by atoms with Gasteiger partial charge in [0.2, 0.25) is 0 Å². The van der Waals surface area contributed by atoms with E-state index in [1.54, 1.807) is 0 Å². The summed E-state index contributed by atoms with van der Waals surface area (Å²) in [6, 6.07) is 0. The molecule has 0 bridgehead atoms. The molecule has 9 atom stereocenters. The summed E-state index contributed by atoms with van der Waals surface area (Å²) in [5.41, 5.74) is 0. The molecule has 0 amide bonds. The van der Waals surface area contributed by atoms with Crippen LogP contribution in [0, 0.1) is 5.92 Å². The maximum Gasteiger partial charge on any atom is 0.186 e. The number of rotatable bonds is 5. The highest BCUT2D eigenvalue weighted by Gasteiger charge is 2.46. The summed E-state index contributed by atoms with van der Waals surface area (Å²) in [6.45, 7) is -0.827. The maximum atomic E-state index is 10.3. The van der Waals surface area contributed by atoms with Crippen molar-refractivity contribution in [1.29, 1.82) is 0 Å². The lowest BCUT2D eigenvalue weighted by Gasteiger charge is -2.44. The molecule has 0 unspecified atom stereocenters. The summed E-state index contributed by atoms with van der Waals surface area (Å²) in [7, 11) is 1.32. The van der Waals surface area contributed by atoms with E-state index in [4.69, 9.17) is 14.2 Å². The molecule has 0 aromatic heterocycles. The van der Waals surface area contributed by atoms with Crippen molar-refractivity contribution in [3.8, 4) is 0 Å². The fourth-order valence-corrected chi connectivity index (χ4v) is 3.30. The number of hydrogen-bond acceptors (Lipinski definition) is 9. The molecule has 23 heavy (non-hydrogen) atoms. The zero-order valence-corrected chi connectivity index (χ0v) is 12.9. The van der Waals surface area contributed by atoms with E-state index in [9.17, 15) is 30.6 Å². The van der Waals surface area contributed by atoms with E-state index in [0.717, 1.165) is 0 Å². The van der Waals surface area contributed by atoms with E-state index in [1.807, 2.05) is 0 Å². The Morgan fingerprint density at radius 2 is 1.57 bits per heavy atom. The fraction of sp³-hybridized carbons (Fsp3) is 1.00. The van der Waals surface area contributed by atoms with E-state index in [-0.39, 0.29) is 19.4 Å². The van der Waals surface area contributed by atoms with Gasteiger partial charge in [0.1, 0.15) is 18.3 Å². The van der Waals surface area contributed by atoms with Crippen molar-refractivity contribution < 1.29 is 44.8 Å². The van der Waals surface area contributed by atoms with E-state index < -0.39 is 61.5 Å². The van der Waals surface area contributed by atoms with Gasteiger partial charge in [-0.2, -0.15) is 0 Å². The lowest BCUT2D eigenvalue weighted by atomic mass is 9.82. The largest absolute Gasteiger partial charge is 0.394 e. The zero-order chi connectivity index (χ0) is 17.1. The standard InChI is InChI=1S/C14H26O9/c1-21-14-13(20)11(18)7(9(4-15)23-14)2-6-3-8(17)12(19)10(5-16)22-6/h6-20H,2-5H2,1H3/t6-,7+,8+,9+,10+,11+,12-,13+,14-/m0/s1. The van der Waals surface area contributed by atoms with Crippen molar-refractivity contribution in [2.75, 3.05) is 20.3 Å². The van der Waals surface area contributed by atoms with Crippen LogP contribution in [0.2, 0.25) is 0 Å². The minimum atomic E-state index is -1.28. The van der Waals surface area contributed by atoms with Gasteiger partial charge in [-0.3, -0.25) is 0 Å². The van der Waals surface area contributed by atoms with E-state index in [2.05, 4.69) is 0 Å². The molecule has 2 aliphatic heterocycles. The SMILES string of the molecule is CO[C@H]1O[C@H](CO)[C@@H](C[C@H]2C[C@@H](O)[C@H](O)[C@@H](CO)O2)[C@@H](O)[C@H]1O. The molecule has 2 saturated heterocycles. The second-order valence-electron chi connectivity index (χ2n) is 6.11. The molecule has 2 rings (SSSR count). The Balaban J connectivity index is 2.05. The van der Waals surface area contributed by atoms with Crippen molar-refractivity contribution in [3.63, 3.8) is 0 Å². The van der Waals surface area contributed by atoms with Gasteiger partial charge in [0.25, 0.3) is 0 Å². The van der Waals surface area contributed by atoms with Crippen LogP contribution < -0.4 is 0 Å². The van der Waals surface area contributed by atoms with Crippen molar-refractivity contribution in [2.24, 2.45) is 5.92 Å². The van der Waals surface area contributed by atoms with Crippen LogP contribution in [0.1, 0.15) is 12.8 Å². The van der Waals surface area contributed by atoms with Gasteiger partial charge in [-0.05, 0) is 6.42 Å². The molecule has 0 radical (unpaired) electrons. The first-order valence-corrected chi connectivity index (χ1v) is 7.70. The molecular formula is C14H26O9. The summed E-state index contributed by atoms with van der Waals surface area (Å²) in [5.74, 6) is -0.645. The van der Waals surface area contributed by atoms with Gasteiger partial charge in [-0.15, -0.1) is 0 Å². The third-order valence-corrected chi connectivity index (χ3v) is 4.63. The summed E-state index contributed by atoms with van der Waals surface area (Å²) >= 11 is 0. The van der Waals surface area contributed by atoms with Gasteiger partial charge in [-0.1, -0.05) is 0 Å². The fourth-order valence-electron chi connectivity index (χ4n) is 3.30. The van der Waals surface area contributed by atoms with Crippen LogP contribution in [0.25, 0.3) is 0 Å². The predicted octanol–water partition coefficient (Wildman–Crippen LogP) is -3.05. The normalized spacial score (nSPS) is 48.4. The van der Waals surface area contributed by atoms with Crippen molar-refractivity contribution in [1.82, 2.24) is 0 Å². The van der Waals surface area contributed by atoms with Crippen molar-refractivity contribution >= 4 is 0 Å². The molecule has 2 aliphatic rings. The summed E-state index contributed by atoms with van der Waals surface area (Å²) in [5, 5.41) is 58.5. The first kappa shape index (κ1) is 19.0. The first-order chi connectivity index (χ1) is 10.9. The number of aliphatic hydroxyl groups excluding tert-OH is 6. The van der Waals surface area contributed by atoms with Gasteiger partial charge in [-0.25, -0.2) is 0 Å². The van der Waals surface area contributed by atoms with Crippen molar-refractivity contribution in [2.45, 2.75) is 61.9 Å². The maximum absolute atomic E-state index is 10.3. The lowest BCUT2D eigenvalue weighted by Crippen LogP contribution is -2.58. The van der Waals surface area contributed by atoms with Gasteiger partial charge in [0, 0.05) is 19.4 Å². The van der Waals surface area contributed by atoms with E-state index in [1.165, 1.54) is 7.11 Å². The van der Waals surface area contributed by atoms with Crippen LogP contribution >= 0.6 is 0 Å². The van der Waals surface area contributed by atoms with Gasteiger partial charge < -0.3 is 44.8 Å². The van der Waals surface area contributed by atoms with Gasteiger partial charge in [0.15, 0.2) is 6.29 Å². The van der Waals surface area contributed by atoms with Crippen LogP contribution in [0.4, 0.5) is 0 Å². The second-order valence-corrected chi connectivity index (χ2v) is 6.11. The average Bonchev–Trinajstić information content (AvgIpc) is 2.55. The smallest absolute Gasteiger partial charge is 0.186 e. The quantitative estimate of drug-likeness (QED) is 0.307. The predicted molar refractivity (Wildman–Crippen MR) is 75.3 cm³/mol. The molecule has 0 aliphatic carbocycles. The minimum absolute atomic E-state index is 0.114. The summed E-state index contributed by atoms with van der Waals surface area (Å²) in [4.78, 5) is 0. The van der Waals surface area contributed by atoms with Crippen LogP contribution in [-0.2, 0) is 14.2 Å². The van der Waals surface area contributed by atoms with E-state index in [0.29, 0.717) is 0 Å². The van der Waals surface area contributed by atoms with E-state index >= 15 is 0 Å².